The first-order valence-electron chi connectivity index (χ1n) is 6.33. The monoisotopic (exact) mass is 266 g/mol. The lowest BCUT2D eigenvalue weighted by atomic mass is 10.1. The van der Waals surface area contributed by atoms with E-state index >= 15 is 0 Å². The van der Waals surface area contributed by atoms with Gasteiger partial charge in [0.2, 0.25) is 0 Å². The van der Waals surface area contributed by atoms with Gasteiger partial charge in [0.25, 0.3) is 5.91 Å². The van der Waals surface area contributed by atoms with Crippen LogP contribution in [0, 0.1) is 0 Å². The van der Waals surface area contributed by atoms with E-state index in [1.54, 1.807) is 14.0 Å². The van der Waals surface area contributed by atoms with Gasteiger partial charge in [-0.1, -0.05) is 12.1 Å². The highest BCUT2D eigenvalue weighted by Gasteiger charge is 2.14. The molecule has 0 bridgehead atoms. The Balaban J connectivity index is 2.53. The summed E-state index contributed by atoms with van der Waals surface area (Å²) >= 11 is 0. The fraction of sp³-hybridized carbons (Fsp3) is 0.500. The van der Waals surface area contributed by atoms with Crippen LogP contribution in [-0.2, 0) is 9.53 Å². The molecule has 0 aliphatic heterocycles. The third-order valence-electron chi connectivity index (χ3n) is 2.67. The van der Waals surface area contributed by atoms with Crippen LogP contribution in [0.3, 0.4) is 0 Å². The largest absolute Gasteiger partial charge is 0.481 e. The Morgan fingerprint density at radius 1 is 1.42 bits per heavy atom. The second-order valence-electron chi connectivity index (χ2n) is 4.41. The number of carbonyl (C=O) groups is 1. The molecule has 5 nitrogen and oxygen atoms in total. The number of hydrogen-bond acceptors (Lipinski definition) is 4. The predicted molar refractivity (Wildman–Crippen MR) is 74.0 cm³/mol. The van der Waals surface area contributed by atoms with Crippen LogP contribution in [0.5, 0.6) is 5.75 Å². The van der Waals surface area contributed by atoms with Crippen LogP contribution in [0.4, 0.5) is 0 Å². The molecule has 19 heavy (non-hydrogen) atoms. The molecule has 0 aliphatic rings. The first-order valence-corrected chi connectivity index (χ1v) is 6.33. The standard InChI is InChI=1S/C14H22N2O3/c1-10(15)12-5-4-6-13(9-12)19-11(2)14(17)16-7-8-18-3/h4-6,9-11H,7-8,15H2,1-3H3,(H,16,17)/t10-,11?/m1/s1. The average Bonchev–Trinajstić information content (AvgIpc) is 2.39. The molecule has 0 saturated heterocycles. The van der Waals surface area contributed by atoms with Crippen molar-refractivity contribution in [2.24, 2.45) is 5.73 Å². The molecule has 0 aromatic heterocycles. The molecule has 1 amide bonds. The quantitative estimate of drug-likeness (QED) is 0.728. The van der Waals surface area contributed by atoms with Gasteiger partial charge in [0, 0.05) is 19.7 Å². The zero-order valence-electron chi connectivity index (χ0n) is 11.7. The summed E-state index contributed by atoms with van der Waals surface area (Å²) in [6.07, 6.45) is -0.555. The molecular weight excluding hydrogens is 244 g/mol. The lowest BCUT2D eigenvalue weighted by Crippen LogP contribution is -2.37. The van der Waals surface area contributed by atoms with Gasteiger partial charge in [0.1, 0.15) is 5.75 Å². The summed E-state index contributed by atoms with van der Waals surface area (Å²) in [5.41, 5.74) is 6.78. The number of nitrogens with two attached hydrogens (primary N) is 1. The first kappa shape index (κ1) is 15.5. The number of nitrogens with one attached hydrogen (secondary N) is 1. The van der Waals surface area contributed by atoms with Gasteiger partial charge in [-0.25, -0.2) is 0 Å². The van der Waals surface area contributed by atoms with E-state index in [-0.39, 0.29) is 11.9 Å². The molecule has 0 heterocycles. The maximum absolute atomic E-state index is 11.7. The van der Waals surface area contributed by atoms with Gasteiger partial charge in [-0.2, -0.15) is 0 Å². The van der Waals surface area contributed by atoms with Gasteiger partial charge in [-0.15, -0.1) is 0 Å². The van der Waals surface area contributed by atoms with Gasteiger partial charge < -0.3 is 20.5 Å². The molecule has 1 rings (SSSR count). The number of amides is 1. The lowest BCUT2D eigenvalue weighted by molar-refractivity contribution is -0.127. The van der Waals surface area contributed by atoms with Gasteiger partial charge in [0.05, 0.1) is 6.61 Å². The van der Waals surface area contributed by atoms with Gasteiger partial charge in [-0.3, -0.25) is 4.79 Å². The van der Waals surface area contributed by atoms with E-state index in [0.29, 0.717) is 18.9 Å². The number of ether oxygens (including phenoxy) is 2. The zero-order valence-corrected chi connectivity index (χ0v) is 11.7. The number of rotatable bonds is 7. The molecule has 106 valence electrons. The molecule has 0 fully saturated rings. The van der Waals surface area contributed by atoms with Crippen molar-refractivity contribution in [3.63, 3.8) is 0 Å². The highest BCUT2D eigenvalue weighted by Crippen LogP contribution is 2.18. The van der Waals surface area contributed by atoms with Crippen molar-refractivity contribution in [1.82, 2.24) is 5.32 Å². The zero-order chi connectivity index (χ0) is 14.3. The van der Waals surface area contributed by atoms with Gasteiger partial charge in [-0.05, 0) is 31.5 Å². The summed E-state index contributed by atoms with van der Waals surface area (Å²) in [4.78, 5) is 11.7. The van der Waals surface area contributed by atoms with Crippen LogP contribution < -0.4 is 15.8 Å². The van der Waals surface area contributed by atoms with Crippen LogP contribution in [0.1, 0.15) is 25.5 Å². The summed E-state index contributed by atoms with van der Waals surface area (Å²) in [6, 6.07) is 7.40. The number of carbonyl (C=O) groups excluding carboxylic acids is 1. The van der Waals surface area contributed by atoms with E-state index < -0.39 is 6.10 Å². The van der Waals surface area contributed by atoms with Crippen LogP contribution >= 0.6 is 0 Å². The molecule has 1 aromatic carbocycles. The maximum Gasteiger partial charge on any atom is 0.260 e. The normalized spacial score (nSPS) is 13.7. The van der Waals surface area contributed by atoms with Crippen LogP contribution in [-0.4, -0.2) is 32.3 Å². The Bertz CT molecular complexity index is 407. The topological polar surface area (TPSA) is 73.6 Å². The van der Waals surface area contributed by atoms with Gasteiger partial charge >= 0.3 is 0 Å². The van der Waals surface area contributed by atoms with Crippen molar-refractivity contribution in [2.45, 2.75) is 26.0 Å². The van der Waals surface area contributed by atoms with Crippen LogP contribution in [0.25, 0.3) is 0 Å². The molecular formula is C14H22N2O3. The van der Waals surface area contributed by atoms with E-state index in [1.807, 2.05) is 31.2 Å². The minimum Gasteiger partial charge on any atom is -0.481 e. The Hall–Kier alpha value is -1.59. The van der Waals surface area contributed by atoms with E-state index in [9.17, 15) is 4.79 Å². The molecule has 0 spiro atoms. The van der Waals surface area contributed by atoms with Crippen molar-refractivity contribution in [3.05, 3.63) is 29.8 Å². The lowest BCUT2D eigenvalue weighted by Gasteiger charge is -2.15. The predicted octanol–water partition coefficient (Wildman–Crippen LogP) is 1.24. The van der Waals surface area contributed by atoms with Crippen molar-refractivity contribution >= 4 is 5.91 Å². The minimum atomic E-state index is -0.555. The summed E-state index contributed by atoms with van der Waals surface area (Å²) < 4.78 is 10.5. The molecule has 1 aromatic rings. The Labute approximate surface area is 114 Å². The SMILES string of the molecule is COCCNC(=O)C(C)Oc1cccc([C@@H](C)N)c1. The number of hydrogen-bond donors (Lipinski definition) is 2. The molecule has 5 heteroatoms. The van der Waals surface area contributed by atoms with Crippen molar-refractivity contribution in [1.29, 1.82) is 0 Å². The van der Waals surface area contributed by atoms with E-state index in [1.165, 1.54) is 0 Å². The Morgan fingerprint density at radius 3 is 2.79 bits per heavy atom. The van der Waals surface area contributed by atoms with Gasteiger partial charge in [0.15, 0.2) is 6.10 Å². The molecule has 0 radical (unpaired) electrons. The molecule has 1 unspecified atom stereocenters. The number of benzene rings is 1. The van der Waals surface area contributed by atoms with Crippen molar-refractivity contribution in [3.8, 4) is 5.75 Å². The average molecular weight is 266 g/mol. The maximum atomic E-state index is 11.7. The summed E-state index contributed by atoms with van der Waals surface area (Å²) in [7, 11) is 1.59. The Kier molecular flexibility index (Phi) is 6.32. The van der Waals surface area contributed by atoms with E-state index in [4.69, 9.17) is 15.2 Å². The van der Waals surface area contributed by atoms with E-state index in [0.717, 1.165) is 5.56 Å². The Morgan fingerprint density at radius 2 is 2.16 bits per heavy atom. The highest BCUT2D eigenvalue weighted by atomic mass is 16.5. The third kappa shape index (κ3) is 5.28. The molecule has 2 atom stereocenters. The number of methoxy groups -OCH3 is 1. The second-order valence-corrected chi connectivity index (χ2v) is 4.41. The smallest absolute Gasteiger partial charge is 0.260 e. The summed E-state index contributed by atoms with van der Waals surface area (Å²) in [6.45, 7) is 4.57. The molecule has 0 aliphatic carbocycles. The van der Waals surface area contributed by atoms with Crippen LogP contribution in [0.15, 0.2) is 24.3 Å². The minimum absolute atomic E-state index is 0.0608. The third-order valence-corrected chi connectivity index (χ3v) is 2.67. The van der Waals surface area contributed by atoms with Crippen molar-refractivity contribution < 1.29 is 14.3 Å². The van der Waals surface area contributed by atoms with Crippen LogP contribution in [0.2, 0.25) is 0 Å². The molecule has 0 saturated carbocycles. The second kappa shape index (κ2) is 7.76. The first-order chi connectivity index (χ1) is 9.04. The fourth-order valence-electron chi connectivity index (χ4n) is 1.55. The van der Waals surface area contributed by atoms with Crippen molar-refractivity contribution in [2.75, 3.05) is 20.3 Å². The summed E-state index contributed by atoms with van der Waals surface area (Å²) in [5.74, 6) is 0.479. The molecule has 3 N–H and O–H groups in total. The van der Waals surface area contributed by atoms with E-state index in [2.05, 4.69) is 5.32 Å². The fourth-order valence-corrected chi connectivity index (χ4v) is 1.55. The highest BCUT2D eigenvalue weighted by molar-refractivity contribution is 5.80. The summed E-state index contributed by atoms with van der Waals surface area (Å²) in [5, 5.41) is 2.73.